The minimum Gasteiger partial charge on any atom is -0.351 e. The Bertz CT molecular complexity index is 418. The van der Waals surface area contributed by atoms with E-state index in [2.05, 4.69) is 30.4 Å². The van der Waals surface area contributed by atoms with Crippen LogP contribution in [0.3, 0.4) is 0 Å². The third-order valence-electron chi connectivity index (χ3n) is 3.40. The summed E-state index contributed by atoms with van der Waals surface area (Å²) in [7, 11) is 0. The van der Waals surface area contributed by atoms with Gasteiger partial charge in [0.25, 0.3) is 0 Å². The van der Waals surface area contributed by atoms with Crippen LogP contribution in [0.15, 0.2) is 18.2 Å². The first-order valence-electron chi connectivity index (χ1n) is 5.11. The highest BCUT2D eigenvalue weighted by Crippen LogP contribution is 2.51. The van der Waals surface area contributed by atoms with Crippen molar-refractivity contribution in [2.75, 3.05) is 0 Å². The third kappa shape index (κ3) is 0.884. The molecule has 1 amide bonds. The molecule has 2 nitrogen and oxygen atoms in total. The number of hydrogen-bond acceptors (Lipinski definition) is 1. The quantitative estimate of drug-likeness (QED) is 0.657. The molecule has 1 fully saturated rings. The summed E-state index contributed by atoms with van der Waals surface area (Å²) in [6, 6.07) is 6.43. The van der Waals surface area contributed by atoms with Crippen LogP contribution in [0.1, 0.15) is 29.5 Å². The van der Waals surface area contributed by atoms with Crippen molar-refractivity contribution in [2.45, 2.75) is 31.7 Å². The van der Waals surface area contributed by atoms with Crippen molar-refractivity contribution in [3.05, 3.63) is 34.9 Å². The van der Waals surface area contributed by atoms with Crippen LogP contribution < -0.4 is 5.32 Å². The largest absolute Gasteiger partial charge is 0.351 e. The Hall–Kier alpha value is -1.31. The van der Waals surface area contributed by atoms with Crippen molar-refractivity contribution in [3.63, 3.8) is 0 Å². The second kappa shape index (κ2) is 2.38. The van der Waals surface area contributed by atoms with Gasteiger partial charge in [-0.15, -0.1) is 0 Å². The van der Waals surface area contributed by atoms with Crippen LogP contribution >= 0.6 is 0 Å². The molecule has 0 atom stereocenters. The van der Waals surface area contributed by atoms with Crippen LogP contribution in [-0.4, -0.2) is 5.91 Å². The highest BCUT2D eigenvalue weighted by molar-refractivity contribution is 5.93. The van der Waals surface area contributed by atoms with Crippen molar-refractivity contribution in [2.24, 2.45) is 0 Å². The molecular formula is C12H13NO. The standard InChI is InChI=1S/C12H13NO/c1-8-2-3-10-9(6-8)7-13-11(14)12(10)4-5-12/h2-3,6H,4-5,7H2,1H3,(H,13,14). The summed E-state index contributed by atoms with van der Waals surface area (Å²) in [6.07, 6.45) is 2.05. The van der Waals surface area contributed by atoms with Gasteiger partial charge in [-0.1, -0.05) is 23.8 Å². The Morgan fingerprint density at radius 3 is 2.86 bits per heavy atom. The number of carbonyl (C=O) groups is 1. The Kier molecular flexibility index (Phi) is 1.37. The summed E-state index contributed by atoms with van der Waals surface area (Å²) in [5, 5.41) is 2.98. The van der Waals surface area contributed by atoms with Gasteiger partial charge in [-0.25, -0.2) is 0 Å². The summed E-state index contributed by atoms with van der Waals surface area (Å²) in [5.74, 6) is 0.230. The molecule has 3 rings (SSSR count). The molecule has 1 heterocycles. The van der Waals surface area contributed by atoms with Gasteiger partial charge in [-0.2, -0.15) is 0 Å². The molecule has 72 valence electrons. The van der Waals surface area contributed by atoms with Crippen molar-refractivity contribution in [1.82, 2.24) is 5.32 Å². The molecule has 2 aliphatic rings. The molecule has 2 heteroatoms. The first-order chi connectivity index (χ1) is 6.72. The Balaban J connectivity index is 2.18. The van der Waals surface area contributed by atoms with Crippen LogP contribution in [0.2, 0.25) is 0 Å². The van der Waals surface area contributed by atoms with Gasteiger partial charge >= 0.3 is 0 Å². The fourth-order valence-corrected chi connectivity index (χ4v) is 2.42. The van der Waals surface area contributed by atoms with Gasteiger partial charge in [-0.05, 0) is 30.9 Å². The summed E-state index contributed by atoms with van der Waals surface area (Å²) >= 11 is 0. The van der Waals surface area contributed by atoms with Gasteiger partial charge < -0.3 is 5.32 Å². The lowest BCUT2D eigenvalue weighted by Crippen LogP contribution is -2.39. The average molecular weight is 187 g/mol. The minimum atomic E-state index is -0.138. The molecule has 1 saturated carbocycles. The topological polar surface area (TPSA) is 29.1 Å². The SMILES string of the molecule is Cc1ccc2c(c1)CNC(=O)C21CC1. The van der Waals surface area contributed by atoms with Gasteiger partial charge in [0.15, 0.2) is 0 Å². The fourth-order valence-electron chi connectivity index (χ4n) is 2.42. The predicted octanol–water partition coefficient (Wildman–Crippen LogP) is 1.66. The summed E-state index contributed by atoms with van der Waals surface area (Å²) in [5.41, 5.74) is 3.71. The normalized spacial score (nSPS) is 21.6. The second-order valence-corrected chi connectivity index (χ2v) is 4.43. The molecule has 1 aliphatic carbocycles. The zero-order chi connectivity index (χ0) is 9.76. The molecule has 0 bridgehead atoms. The van der Waals surface area contributed by atoms with Crippen LogP contribution in [0.25, 0.3) is 0 Å². The van der Waals surface area contributed by atoms with E-state index < -0.39 is 0 Å². The number of amides is 1. The van der Waals surface area contributed by atoms with E-state index in [1.807, 2.05) is 0 Å². The van der Waals surface area contributed by atoms with Crippen molar-refractivity contribution in [3.8, 4) is 0 Å². The van der Waals surface area contributed by atoms with Crippen molar-refractivity contribution >= 4 is 5.91 Å². The molecular weight excluding hydrogens is 174 g/mol. The van der Waals surface area contributed by atoms with E-state index >= 15 is 0 Å². The molecule has 1 spiro atoms. The van der Waals surface area contributed by atoms with Crippen LogP contribution in [0.4, 0.5) is 0 Å². The maximum absolute atomic E-state index is 11.7. The average Bonchev–Trinajstić information content (AvgIpc) is 2.94. The number of carbonyl (C=O) groups excluding carboxylic acids is 1. The number of benzene rings is 1. The van der Waals surface area contributed by atoms with E-state index in [1.165, 1.54) is 16.7 Å². The summed E-state index contributed by atoms with van der Waals surface area (Å²) in [6.45, 7) is 2.80. The molecule has 1 aliphatic heterocycles. The zero-order valence-electron chi connectivity index (χ0n) is 8.26. The van der Waals surface area contributed by atoms with E-state index in [9.17, 15) is 4.79 Å². The van der Waals surface area contributed by atoms with Crippen LogP contribution in [0.5, 0.6) is 0 Å². The molecule has 14 heavy (non-hydrogen) atoms. The number of nitrogens with one attached hydrogen (secondary N) is 1. The highest BCUT2D eigenvalue weighted by atomic mass is 16.2. The lowest BCUT2D eigenvalue weighted by molar-refractivity contribution is -0.124. The number of hydrogen-bond donors (Lipinski definition) is 1. The molecule has 1 aromatic rings. The van der Waals surface area contributed by atoms with E-state index in [0.717, 1.165) is 12.8 Å². The second-order valence-electron chi connectivity index (χ2n) is 4.43. The fraction of sp³-hybridized carbons (Fsp3) is 0.417. The molecule has 0 radical (unpaired) electrons. The number of aryl methyl sites for hydroxylation is 1. The Morgan fingerprint density at radius 1 is 1.36 bits per heavy atom. The minimum absolute atomic E-state index is 0.138. The monoisotopic (exact) mass is 187 g/mol. The molecule has 0 unspecified atom stereocenters. The smallest absolute Gasteiger partial charge is 0.230 e. The summed E-state index contributed by atoms with van der Waals surface area (Å²) in [4.78, 5) is 11.7. The molecule has 0 saturated heterocycles. The van der Waals surface area contributed by atoms with E-state index in [0.29, 0.717) is 6.54 Å². The first kappa shape index (κ1) is 8.04. The van der Waals surface area contributed by atoms with Crippen molar-refractivity contribution in [1.29, 1.82) is 0 Å². The highest BCUT2D eigenvalue weighted by Gasteiger charge is 2.53. The molecule has 1 aromatic carbocycles. The zero-order valence-corrected chi connectivity index (χ0v) is 8.26. The lowest BCUT2D eigenvalue weighted by atomic mass is 9.86. The third-order valence-corrected chi connectivity index (χ3v) is 3.40. The number of rotatable bonds is 0. The van der Waals surface area contributed by atoms with Gasteiger partial charge in [-0.3, -0.25) is 4.79 Å². The Labute approximate surface area is 83.3 Å². The maximum atomic E-state index is 11.7. The predicted molar refractivity (Wildman–Crippen MR) is 53.9 cm³/mol. The van der Waals surface area contributed by atoms with Crippen molar-refractivity contribution < 1.29 is 4.79 Å². The first-order valence-corrected chi connectivity index (χ1v) is 5.11. The van der Waals surface area contributed by atoms with E-state index in [1.54, 1.807) is 0 Å². The lowest BCUT2D eigenvalue weighted by Gasteiger charge is -2.25. The van der Waals surface area contributed by atoms with E-state index in [-0.39, 0.29) is 11.3 Å². The van der Waals surface area contributed by atoms with Gasteiger partial charge in [0.1, 0.15) is 0 Å². The van der Waals surface area contributed by atoms with Gasteiger partial charge in [0.05, 0.1) is 5.41 Å². The van der Waals surface area contributed by atoms with Gasteiger partial charge in [0, 0.05) is 6.54 Å². The van der Waals surface area contributed by atoms with Crippen LogP contribution in [-0.2, 0) is 16.8 Å². The maximum Gasteiger partial charge on any atom is 0.230 e. The molecule has 1 N–H and O–H groups in total. The van der Waals surface area contributed by atoms with Crippen LogP contribution in [0, 0.1) is 6.92 Å². The Morgan fingerprint density at radius 2 is 2.14 bits per heavy atom. The van der Waals surface area contributed by atoms with E-state index in [4.69, 9.17) is 0 Å². The van der Waals surface area contributed by atoms with Gasteiger partial charge in [0.2, 0.25) is 5.91 Å². The number of fused-ring (bicyclic) bond motifs is 2. The summed E-state index contributed by atoms with van der Waals surface area (Å²) < 4.78 is 0. The molecule has 0 aromatic heterocycles.